The molecule has 1 aliphatic carbocycles. The van der Waals surface area contributed by atoms with Crippen molar-refractivity contribution in [1.82, 2.24) is 20.4 Å². The molecule has 25 heavy (non-hydrogen) atoms. The molecule has 1 heterocycles. The number of nitrogens with zero attached hydrogens (tertiary/aromatic N) is 3. The largest absolute Gasteiger partial charge is 0.403 e. The fraction of sp³-hybridized carbons (Fsp3) is 0.875. The number of piperazine rings is 1. The maximum atomic E-state index is 12.8. The molecular formula is C16H28F3N5O. The van der Waals surface area contributed by atoms with Crippen LogP contribution in [0.25, 0.3) is 0 Å². The molecule has 0 radical (unpaired) electrons. The number of rotatable bonds is 6. The van der Waals surface area contributed by atoms with Gasteiger partial charge in [0.25, 0.3) is 0 Å². The monoisotopic (exact) mass is 363 g/mol. The molecule has 6 nitrogen and oxygen atoms in total. The quantitative estimate of drug-likeness (QED) is 0.423. The molecule has 1 aliphatic heterocycles. The number of carbonyl (C=O) groups is 1. The van der Waals surface area contributed by atoms with Crippen LogP contribution in [0.4, 0.5) is 13.2 Å². The minimum absolute atomic E-state index is 0.0778. The van der Waals surface area contributed by atoms with Crippen LogP contribution in [0, 0.1) is 0 Å². The lowest BCUT2D eigenvalue weighted by Gasteiger charge is -2.39. The molecule has 0 aromatic rings. The molecule has 1 saturated carbocycles. The Balaban J connectivity index is 1.66. The van der Waals surface area contributed by atoms with Gasteiger partial charge in [0.1, 0.15) is 6.04 Å². The maximum absolute atomic E-state index is 12.8. The first-order valence-corrected chi connectivity index (χ1v) is 8.87. The Morgan fingerprint density at radius 2 is 1.88 bits per heavy atom. The Hall–Kier alpha value is -1.51. The second-order valence-electron chi connectivity index (χ2n) is 6.66. The molecule has 2 fully saturated rings. The molecule has 2 aliphatic rings. The lowest BCUT2D eigenvalue weighted by Crippen LogP contribution is -2.56. The van der Waals surface area contributed by atoms with E-state index in [2.05, 4.69) is 15.6 Å². The van der Waals surface area contributed by atoms with Gasteiger partial charge in [0, 0.05) is 52.2 Å². The number of amides is 1. The third kappa shape index (κ3) is 6.37. The van der Waals surface area contributed by atoms with Crippen molar-refractivity contribution in [3.63, 3.8) is 0 Å². The standard InChI is InChI=1S/C16H28F3N5O/c1-12(16(17,18)19)23-8-10-24(11-9-23)15(20-2)21-7-3-4-14(25)22-13-5-6-13/h12-13H,3-11H2,1-2H3,(H,20,21)(H,22,25). The number of nitrogens with one attached hydrogen (secondary N) is 2. The van der Waals surface area contributed by atoms with E-state index >= 15 is 0 Å². The maximum Gasteiger partial charge on any atom is 0.403 e. The number of halogens is 3. The number of guanidine groups is 1. The molecule has 1 atom stereocenters. The van der Waals surface area contributed by atoms with E-state index in [9.17, 15) is 18.0 Å². The Kier molecular flexibility index (Phi) is 6.92. The summed E-state index contributed by atoms with van der Waals surface area (Å²) in [6.07, 6.45) is -0.867. The Bertz CT molecular complexity index is 471. The first kappa shape index (κ1) is 19.8. The van der Waals surface area contributed by atoms with Gasteiger partial charge in [-0.15, -0.1) is 0 Å². The van der Waals surface area contributed by atoms with E-state index in [4.69, 9.17) is 0 Å². The molecule has 0 bridgehead atoms. The van der Waals surface area contributed by atoms with Crippen LogP contribution in [-0.4, -0.2) is 79.7 Å². The average Bonchev–Trinajstić information content (AvgIpc) is 3.37. The van der Waals surface area contributed by atoms with Crippen molar-refractivity contribution in [3.8, 4) is 0 Å². The zero-order valence-electron chi connectivity index (χ0n) is 14.9. The van der Waals surface area contributed by atoms with Crippen LogP contribution < -0.4 is 10.6 Å². The molecule has 0 aromatic carbocycles. The van der Waals surface area contributed by atoms with Crippen LogP contribution in [0.3, 0.4) is 0 Å². The van der Waals surface area contributed by atoms with Gasteiger partial charge in [-0.3, -0.25) is 14.7 Å². The summed E-state index contributed by atoms with van der Waals surface area (Å²) >= 11 is 0. The Labute approximate surface area is 146 Å². The van der Waals surface area contributed by atoms with E-state index in [1.807, 2.05) is 4.90 Å². The highest BCUT2D eigenvalue weighted by molar-refractivity contribution is 5.80. The van der Waals surface area contributed by atoms with Gasteiger partial charge in [0.2, 0.25) is 5.91 Å². The van der Waals surface area contributed by atoms with E-state index in [-0.39, 0.29) is 5.91 Å². The van der Waals surface area contributed by atoms with Crippen molar-refractivity contribution < 1.29 is 18.0 Å². The normalized spacial score (nSPS) is 21.2. The van der Waals surface area contributed by atoms with Crippen molar-refractivity contribution in [2.24, 2.45) is 4.99 Å². The zero-order chi connectivity index (χ0) is 18.4. The third-order valence-corrected chi connectivity index (χ3v) is 4.65. The molecule has 144 valence electrons. The summed E-state index contributed by atoms with van der Waals surface area (Å²) in [5, 5.41) is 6.14. The number of carbonyl (C=O) groups excluding carboxylic acids is 1. The van der Waals surface area contributed by atoms with Crippen molar-refractivity contribution in [2.45, 2.75) is 50.9 Å². The molecular weight excluding hydrogens is 335 g/mol. The van der Waals surface area contributed by atoms with Gasteiger partial charge in [0.05, 0.1) is 0 Å². The van der Waals surface area contributed by atoms with Gasteiger partial charge in [-0.25, -0.2) is 0 Å². The van der Waals surface area contributed by atoms with Crippen LogP contribution in [0.15, 0.2) is 4.99 Å². The molecule has 9 heteroatoms. The van der Waals surface area contributed by atoms with Gasteiger partial charge >= 0.3 is 6.18 Å². The minimum atomic E-state index is -4.19. The highest BCUT2D eigenvalue weighted by atomic mass is 19.4. The van der Waals surface area contributed by atoms with Gasteiger partial charge < -0.3 is 15.5 Å². The third-order valence-electron chi connectivity index (χ3n) is 4.65. The summed E-state index contributed by atoms with van der Waals surface area (Å²) in [6, 6.07) is -1.04. The number of hydrogen-bond acceptors (Lipinski definition) is 3. The van der Waals surface area contributed by atoms with Crippen molar-refractivity contribution >= 4 is 11.9 Å². The highest BCUT2D eigenvalue weighted by Gasteiger charge is 2.41. The lowest BCUT2D eigenvalue weighted by molar-refractivity contribution is -0.181. The van der Waals surface area contributed by atoms with Crippen LogP contribution >= 0.6 is 0 Å². The van der Waals surface area contributed by atoms with Crippen LogP contribution in [0.2, 0.25) is 0 Å². The summed E-state index contributed by atoms with van der Waals surface area (Å²) in [5.41, 5.74) is 0. The first-order chi connectivity index (χ1) is 11.8. The lowest BCUT2D eigenvalue weighted by atomic mass is 10.2. The number of hydrogen-bond donors (Lipinski definition) is 2. The van der Waals surface area contributed by atoms with Crippen LogP contribution in [-0.2, 0) is 4.79 Å². The van der Waals surface area contributed by atoms with Gasteiger partial charge in [-0.05, 0) is 26.2 Å². The molecule has 2 N–H and O–H groups in total. The number of alkyl halides is 3. The smallest absolute Gasteiger partial charge is 0.356 e. The van der Waals surface area contributed by atoms with Gasteiger partial charge in [-0.1, -0.05) is 0 Å². The molecule has 1 unspecified atom stereocenters. The summed E-state index contributed by atoms with van der Waals surface area (Å²) in [7, 11) is 1.66. The van der Waals surface area contributed by atoms with Crippen molar-refractivity contribution in [3.05, 3.63) is 0 Å². The highest BCUT2D eigenvalue weighted by Crippen LogP contribution is 2.25. The molecule has 1 saturated heterocycles. The fourth-order valence-electron chi connectivity index (χ4n) is 2.84. The van der Waals surface area contributed by atoms with Crippen LogP contribution in [0.1, 0.15) is 32.6 Å². The topological polar surface area (TPSA) is 60.0 Å². The first-order valence-electron chi connectivity index (χ1n) is 8.87. The second kappa shape index (κ2) is 8.73. The van der Waals surface area contributed by atoms with Crippen molar-refractivity contribution in [2.75, 3.05) is 39.8 Å². The molecule has 0 spiro atoms. The molecule has 2 rings (SSSR count). The SMILES string of the molecule is CN=C(NCCCC(=O)NC1CC1)N1CCN(C(C)C(F)(F)F)CC1. The van der Waals surface area contributed by atoms with E-state index in [0.29, 0.717) is 57.6 Å². The van der Waals surface area contributed by atoms with E-state index < -0.39 is 12.2 Å². The summed E-state index contributed by atoms with van der Waals surface area (Å²) in [4.78, 5) is 19.2. The van der Waals surface area contributed by atoms with Crippen molar-refractivity contribution in [1.29, 1.82) is 0 Å². The van der Waals surface area contributed by atoms with E-state index in [1.165, 1.54) is 11.8 Å². The Morgan fingerprint density at radius 1 is 1.24 bits per heavy atom. The van der Waals surface area contributed by atoms with Gasteiger partial charge in [0.15, 0.2) is 5.96 Å². The predicted octanol–water partition coefficient (Wildman–Crippen LogP) is 1.19. The zero-order valence-corrected chi connectivity index (χ0v) is 14.9. The van der Waals surface area contributed by atoms with E-state index in [1.54, 1.807) is 7.05 Å². The average molecular weight is 363 g/mol. The van der Waals surface area contributed by atoms with Gasteiger partial charge in [-0.2, -0.15) is 13.2 Å². The molecule has 0 aromatic heterocycles. The summed E-state index contributed by atoms with van der Waals surface area (Å²) < 4.78 is 38.4. The summed E-state index contributed by atoms with van der Waals surface area (Å²) in [6.45, 7) is 3.53. The number of aliphatic imine (C=N–C) groups is 1. The minimum Gasteiger partial charge on any atom is -0.356 e. The summed E-state index contributed by atoms with van der Waals surface area (Å²) in [5.74, 6) is 0.760. The van der Waals surface area contributed by atoms with E-state index in [0.717, 1.165) is 12.8 Å². The van der Waals surface area contributed by atoms with Crippen LogP contribution in [0.5, 0.6) is 0 Å². The second-order valence-corrected chi connectivity index (χ2v) is 6.66. The molecule has 1 amide bonds. The predicted molar refractivity (Wildman–Crippen MR) is 90.4 cm³/mol. The fourth-order valence-corrected chi connectivity index (χ4v) is 2.84. The Morgan fingerprint density at radius 3 is 2.40 bits per heavy atom.